The first kappa shape index (κ1) is 22.8. The van der Waals surface area contributed by atoms with Crippen molar-refractivity contribution in [1.29, 1.82) is 0 Å². The number of benzene rings is 2. The molecule has 2 aromatic heterocycles. The topological polar surface area (TPSA) is 113 Å². The summed E-state index contributed by atoms with van der Waals surface area (Å²) < 4.78 is 5.41. The van der Waals surface area contributed by atoms with Crippen LogP contribution >= 0.6 is 0 Å². The molecule has 0 bridgehead atoms. The number of rotatable bonds is 5. The second kappa shape index (κ2) is 9.34. The highest BCUT2D eigenvalue weighted by Gasteiger charge is 2.24. The molecule has 0 saturated carbocycles. The molecule has 3 heterocycles. The molecule has 180 valence electrons. The van der Waals surface area contributed by atoms with E-state index in [1.165, 1.54) is 0 Å². The molecule has 9 nitrogen and oxygen atoms in total. The van der Waals surface area contributed by atoms with E-state index in [9.17, 15) is 4.79 Å². The maximum absolute atomic E-state index is 13.0. The second-order valence-corrected chi connectivity index (χ2v) is 9.00. The van der Waals surface area contributed by atoms with E-state index >= 15 is 0 Å². The van der Waals surface area contributed by atoms with Gasteiger partial charge >= 0.3 is 0 Å². The average molecular weight is 472 g/mol. The van der Waals surface area contributed by atoms with E-state index in [2.05, 4.69) is 33.9 Å². The van der Waals surface area contributed by atoms with Crippen molar-refractivity contribution in [3.8, 4) is 28.5 Å². The van der Waals surface area contributed by atoms with Gasteiger partial charge in [0.25, 0.3) is 5.91 Å². The number of aromatic amines is 1. The Hall–Kier alpha value is -3.98. The molecule has 0 radical (unpaired) electrons. The molecule has 1 saturated heterocycles. The van der Waals surface area contributed by atoms with Crippen molar-refractivity contribution < 1.29 is 9.53 Å². The first-order chi connectivity index (χ1) is 16.9. The van der Waals surface area contributed by atoms with Crippen LogP contribution in [0.2, 0.25) is 0 Å². The molecule has 35 heavy (non-hydrogen) atoms. The zero-order valence-corrected chi connectivity index (χ0v) is 20.2. The zero-order chi connectivity index (χ0) is 24.5. The number of H-pyrrole nitrogens is 1. The van der Waals surface area contributed by atoms with Crippen LogP contribution in [0, 0.1) is 0 Å². The first-order valence-corrected chi connectivity index (χ1v) is 11.7. The number of anilines is 1. The lowest BCUT2D eigenvalue weighted by atomic mass is 10.0. The molecule has 1 fully saturated rings. The van der Waals surface area contributed by atoms with Crippen LogP contribution in [-0.2, 0) is 0 Å². The Labute approximate surface area is 204 Å². The summed E-state index contributed by atoms with van der Waals surface area (Å²) in [4.78, 5) is 34.1. The van der Waals surface area contributed by atoms with Crippen LogP contribution in [0.15, 0.2) is 48.7 Å². The number of ether oxygens (including phenoxy) is 1. The van der Waals surface area contributed by atoms with Crippen molar-refractivity contribution in [3.05, 3.63) is 54.2 Å². The van der Waals surface area contributed by atoms with Gasteiger partial charge in [0.05, 0.1) is 24.5 Å². The predicted octanol–water partition coefficient (Wildman–Crippen LogP) is 3.44. The van der Waals surface area contributed by atoms with E-state index in [1.54, 1.807) is 13.3 Å². The molecule has 0 atom stereocenters. The molecular formula is C26H29N7O2. The normalized spacial score (nSPS) is 14.6. The van der Waals surface area contributed by atoms with Crippen molar-refractivity contribution in [2.45, 2.75) is 18.9 Å². The van der Waals surface area contributed by atoms with Crippen LogP contribution in [0.3, 0.4) is 0 Å². The maximum Gasteiger partial charge on any atom is 0.253 e. The van der Waals surface area contributed by atoms with E-state index in [-0.39, 0.29) is 11.7 Å². The number of likely N-dealkylation sites (tertiary alicyclic amines) is 1. The Morgan fingerprint density at radius 2 is 1.86 bits per heavy atom. The van der Waals surface area contributed by atoms with Crippen molar-refractivity contribution >= 4 is 22.8 Å². The van der Waals surface area contributed by atoms with E-state index in [0.717, 1.165) is 37.0 Å². The van der Waals surface area contributed by atoms with Crippen LogP contribution in [-0.4, -0.2) is 76.0 Å². The largest absolute Gasteiger partial charge is 0.494 e. The molecular weight excluding hydrogens is 442 g/mol. The van der Waals surface area contributed by atoms with Crippen LogP contribution < -0.4 is 10.5 Å². The number of carbonyl (C=O) groups excluding carboxylic acids is 1. The summed E-state index contributed by atoms with van der Waals surface area (Å²) in [6, 6.07) is 13.7. The summed E-state index contributed by atoms with van der Waals surface area (Å²) in [5, 5.41) is 0. The van der Waals surface area contributed by atoms with Gasteiger partial charge in [0.15, 0.2) is 11.6 Å². The molecule has 4 aromatic rings. The highest BCUT2D eigenvalue weighted by molar-refractivity contribution is 5.94. The Kier molecular flexibility index (Phi) is 6.08. The molecule has 0 unspecified atom stereocenters. The number of piperidine rings is 1. The van der Waals surface area contributed by atoms with Crippen molar-refractivity contribution in [2.24, 2.45) is 0 Å². The van der Waals surface area contributed by atoms with E-state index in [1.807, 2.05) is 47.4 Å². The fraction of sp³-hybridized carbons (Fsp3) is 0.308. The number of hydrogen-bond acceptors (Lipinski definition) is 7. The van der Waals surface area contributed by atoms with E-state index in [0.29, 0.717) is 40.1 Å². The van der Waals surface area contributed by atoms with Gasteiger partial charge in [-0.25, -0.2) is 15.0 Å². The summed E-state index contributed by atoms with van der Waals surface area (Å²) in [5.74, 6) is 1.52. The SMILES string of the molecule is COc1cccc2[nH]c(-c3nc(-c4ccc(C(=O)N5CCC(N(C)C)CC5)cc4)cnc3N)nc12. The second-order valence-electron chi connectivity index (χ2n) is 9.00. The molecule has 1 aliphatic heterocycles. The number of methoxy groups -OCH3 is 1. The molecule has 1 amide bonds. The fourth-order valence-corrected chi connectivity index (χ4v) is 4.55. The summed E-state index contributed by atoms with van der Waals surface area (Å²) in [6.45, 7) is 1.55. The number of imidazole rings is 1. The number of nitrogens with zero attached hydrogens (tertiary/aromatic N) is 5. The zero-order valence-electron chi connectivity index (χ0n) is 20.2. The third-order valence-electron chi connectivity index (χ3n) is 6.63. The number of amides is 1. The highest BCUT2D eigenvalue weighted by atomic mass is 16.5. The number of aromatic nitrogens is 4. The van der Waals surface area contributed by atoms with Crippen molar-refractivity contribution in [1.82, 2.24) is 29.7 Å². The van der Waals surface area contributed by atoms with E-state index < -0.39 is 0 Å². The molecule has 3 N–H and O–H groups in total. The third kappa shape index (κ3) is 4.42. The van der Waals surface area contributed by atoms with Crippen LogP contribution in [0.1, 0.15) is 23.2 Å². The van der Waals surface area contributed by atoms with Gasteiger partial charge in [0.1, 0.15) is 17.0 Å². The van der Waals surface area contributed by atoms with Gasteiger partial charge in [0.2, 0.25) is 0 Å². The maximum atomic E-state index is 13.0. The quantitative estimate of drug-likeness (QED) is 0.458. The first-order valence-electron chi connectivity index (χ1n) is 11.7. The third-order valence-corrected chi connectivity index (χ3v) is 6.63. The standard InChI is InChI=1S/C26H29N7O2/c1-32(2)18-11-13-33(14-12-18)26(34)17-9-7-16(8-10-17)20-15-28-24(27)23(29-20)25-30-19-5-4-6-21(35-3)22(19)31-25/h4-10,15,18H,11-14H2,1-3H3,(H2,27,28)(H,30,31). The number of nitrogens with one attached hydrogen (secondary N) is 1. The fourth-order valence-electron chi connectivity index (χ4n) is 4.55. The Bertz CT molecular complexity index is 1360. The van der Waals surface area contributed by atoms with Gasteiger partial charge in [-0.2, -0.15) is 0 Å². The average Bonchev–Trinajstić information content (AvgIpc) is 3.33. The Morgan fingerprint density at radius 3 is 2.54 bits per heavy atom. The highest BCUT2D eigenvalue weighted by Crippen LogP contribution is 2.29. The number of hydrogen-bond donors (Lipinski definition) is 2. The van der Waals surface area contributed by atoms with Gasteiger partial charge < -0.3 is 25.3 Å². The van der Waals surface area contributed by atoms with Crippen LogP contribution in [0.4, 0.5) is 5.82 Å². The van der Waals surface area contributed by atoms with Gasteiger partial charge in [-0.15, -0.1) is 0 Å². The number of nitrogens with two attached hydrogens (primary N) is 1. The Morgan fingerprint density at radius 1 is 1.11 bits per heavy atom. The van der Waals surface area contributed by atoms with Gasteiger partial charge in [-0.1, -0.05) is 18.2 Å². The molecule has 9 heteroatoms. The minimum absolute atomic E-state index is 0.0639. The predicted molar refractivity (Wildman–Crippen MR) is 136 cm³/mol. The van der Waals surface area contributed by atoms with Crippen molar-refractivity contribution in [2.75, 3.05) is 40.0 Å². The lowest BCUT2D eigenvalue weighted by molar-refractivity contribution is 0.0663. The molecule has 0 spiro atoms. The van der Waals surface area contributed by atoms with Gasteiger partial charge in [-0.05, 0) is 51.2 Å². The molecule has 2 aromatic carbocycles. The minimum atomic E-state index is 0.0639. The lowest BCUT2D eigenvalue weighted by Gasteiger charge is -2.35. The minimum Gasteiger partial charge on any atom is -0.494 e. The summed E-state index contributed by atoms with van der Waals surface area (Å²) in [5.41, 5.74) is 10.3. The number of para-hydroxylation sites is 1. The number of fused-ring (bicyclic) bond motifs is 1. The molecule has 1 aliphatic rings. The number of carbonyl (C=O) groups is 1. The molecule has 0 aliphatic carbocycles. The summed E-state index contributed by atoms with van der Waals surface area (Å²) >= 11 is 0. The summed E-state index contributed by atoms with van der Waals surface area (Å²) in [7, 11) is 5.80. The molecule has 5 rings (SSSR count). The van der Waals surface area contributed by atoms with Crippen LogP contribution in [0.25, 0.3) is 33.8 Å². The van der Waals surface area contributed by atoms with Crippen LogP contribution in [0.5, 0.6) is 5.75 Å². The summed E-state index contributed by atoms with van der Waals surface area (Å²) in [6.07, 6.45) is 3.62. The monoisotopic (exact) mass is 471 g/mol. The van der Waals surface area contributed by atoms with Crippen molar-refractivity contribution in [3.63, 3.8) is 0 Å². The Balaban J connectivity index is 1.38. The van der Waals surface area contributed by atoms with Gasteiger partial charge in [-0.3, -0.25) is 4.79 Å². The van der Waals surface area contributed by atoms with E-state index in [4.69, 9.17) is 15.5 Å². The number of nitrogen functional groups attached to an aromatic ring is 1. The smallest absolute Gasteiger partial charge is 0.253 e. The van der Waals surface area contributed by atoms with Gasteiger partial charge in [0, 0.05) is 30.3 Å². The lowest BCUT2D eigenvalue weighted by Crippen LogP contribution is -2.44.